The molecule has 1 atom stereocenters. The molecule has 0 amide bonds. The number of halogens is 2. The SMILES string of the molecule is Cl.O=C(CCc1ccccc1)c1cc(F)ccc1OCC(O)CN1CCC(c2ccccc2)CC1. The van der Waals surface area contributed by atoms with E-state index in [4.69, 9.17) is 4.74 Å². The monoisotopic (exact) mass is 497 g/mol. The Morgan fingerprint density at radius 1 is 1.00 bits per heavy atom. The van der Waals surface area contributed by atoms with Gasteiger partial charge in [0.15, 0.2) is 5.78 Å². The van der Waals surface area contributed by atoms with Gasteiger partial charge in [0.2, 0.25) is 0 Å². The molecule has 4 nitrogen and oxygen atoms in total. The smallest absolute Gasteiger partial charge is 0.167 e. The Morgan fingerprint density at radius 3 is 2.34 bits per heavy atom. The zero-order chi connectivity index (χ0) is 23.8. The third-order valence-corrected chi connectivity index (χ3v) is 6.48. The molecule has 1 saturated heterocycles. The molecule has 6 heteroatoms. The van der Waals surface area contributed by atoms with Crippen LogP contribution in [0.1, 0.15) is 46.7 Å². The summed E-state index contributed by atoms with van der Waals surface area (Å²) in [4.78, 5) is 15.0. The van der Waals surface area contributed by atoms with Gasteiger partial charge in [-0.1, -0.05) is 60.7 Å². The zero-order valence-corrected chi connectivity index (χ0v) is 20.6. The first-order valence-electron chi connectivity index (χ1n) is 12.0. The van der Waals surface area contributed by atoms with Crippen LogP contribution in [0.3, 0.4) is 0 Å². The molecule has 0 spiro atoms. The molecule has 1 unspecified atom stereocenters. The van der Waals surface area contributed by atoms with Crippen LogP contribution in [0.25, 0.3) is 0 Å². The van der Waals surface area contributed by atoms with Gasteiger partial charge in [-0.2, -0.15) is 0 Å². The van der Waals surface area contributed by atoms with Gasteiger partial charge in [0.05, 0.1) is 5.56 Å². The molecule has 0 radical (unpaired) electrons. The molecule has 1 heterocycles. The van der Waals surface area contributed by atoms with Gasteiger partial charge in [-0.15, -0.1) is 12.4 Å². The summed E-state index contributed by atoms with van der Waals surface area (Å²) in [5.74, 6) is 0.240. The molecule has 186 valence electrons. The van der Waals surface area contributed by atoms with Crippen LogP contribution >= 0.6 is 12.4 Å². The minimum atomic E-state index is -0.689. The molecule has 4 rings (SSSR count). The largest absolute Gasteiger partial charge is 0.490 e. The van der Waals surface area contributed by atoms with Crippen molar-refractivity contribution in [1.29, 1.82) is 0 Å². The number of aliphatic hydroxyl groups is 1. The Kier molecular flexibility index (Phi) is 10.3. The third-order valence-electron chi connectivity index (χ3n) is 6.48. The molecular weight excluding hydrogens is 465 g/mol. The van der Waals surface area contributed by atoms with Crippen LogP contribution in [0.2, 0.25) is 0 Å². The summed E-state index contributed by atoms with van der Waals surface area (Å²) in [6.07, 6.45) is 2.29. The Labute approximate surface area is 213 Å². The van der Waals surface area contributed by atoms with Crippen molar-refractivity contribution < 1.29 is 19.0 Å². The van der Waals surface area contributed by atoms with Gasteiger partial charge < -0.3 is 14.7 Å². The number of ketones is 1. The number of Topliss-reactive ketones (excluding diaryl/α,β-unsaturated/α-hetero) is 1. The number of benzene rings is 3. The number of piperidine rings is 1. The molecular formula is C29H33ClFNO3. The van der Waals surface area contributed by atoms with Gasteiger partial charge in [0, 0.05) is 13.0 Å². The number of aliphatic hydroxyl groups excluding tert-OH is 1. The van der Waals surface area contributed by atoms with Crippen LogP contribution in [-0.4, -0.2) is 48.1 Å². The maximum Gasteiger partial charge on any atom is 0.167 e. The quantitative estimate of drug-likeness (QED) is 0.366. The van der Waals surface area contributed by atoms with Crippen molar-refractivity contribution in [2.45, 2.75) is 37.7 Å². The second-order valence-electron chi connectivity index (χ2n) is 9.00. The number of β-amino-alcohol motifs (C(OH)–C–C–N with tert-alkyl or cyclic N) is 1. The van der Waals surface area contributed by atoms with E-state index in [9.17, 15) is 14.3 Å². The number of carbonyl (C=O) groups is 1. The van der Waals surface area contributed by atoms with Gasteiger partial charge in [0.25, 0.3) is 0 Å². The van der Waals surface area contributed by atoms with E-state index in [-0.39, 0.29) is 36.8 Å². The molecule has 3 aromatic carbocycles. The van der Waals surface area contributed by atoms with Gasteiger partial charge in [-0.25, -0.2) is 4.39 Å². The van der Waals surface area contributed by atoms with Crippen LogP contribution in [0.15, 0.2) is 78.9 Å². The molecule has 1 aliphatic heterocycles. The van der Waals surface area contributed by atoms with Crippen molar-refractivity contribution in [2.75, 3.05) is 26.2 Å². The second kappa shape index (κ2) is 13.4. The first-order chi connectivity index (χ1) is 16.6. The van der Waals surface area contributed by atoms with Crippen molar-refractivity contribution in [1.82, 2.24) is 4.90 Å². The lowest BCUT2D eigenvalue weighted by Crippen LogP contribution is -2.40. The lowest BCUT2D eigenvalue weighted by molar-refractivity contribution is 0.0588. The first-order valence-corrected chi connectivity index (χ1v) is 12.0. The summed E-state index contributed by atoms with van der Waals surface area (Å²) >= 11 is 0. The molecule has 1 fully saturated rings. The zero-order valence-electron chi connectivity index (χ0n) is 19.8. The summed E-state index contributed by atoms with van der Waals surface area (Å²) < 4.78 is 19.7. The maximum atomic E-state index is 13.9. The number of likely N-dealkylation sites (tertiary alicyclic amines) is 1. The van der Waals surface area contributed by atoms with Crippen molar-refractivity contribution in [2.24, 2.45) is 0 Å². The Bertz CT molecular complexity index is 1060. The van der Waals surface area contributed by atoms with E-state index in [1.807, 2.05) is 36.4 Å². The van der Waals surface area contributed by atoms with Gasteiger partial charge in [0.1, 0.15) is 24.3 Å². The van der Waals surface area contributed by atoms with Crippen molar-refractivity contribution in [3.8, 4) is 5.75 Å². The molecule has 1 aliphatic rings. The molecule has 0 bridgehead atoms. The molecule has 3 aromatic rings. The Hall–Kier alpha value is -2.73. The standard InChI is InChI=1S/C29H32FNO3.ClH/c30-25-12-14-29(27(19-25)28(33)13-11-22-7-3-1-4-8-22)34-21-26(32)20-31-17-15-24(16-18-31)23-9-5-2-6-10-23;/h1-10,12,14,19,24,26,32H,11,13,15-18,20-21H2;1H. The third kappa shape index (κ3) is 7.89. The summed E-state index contributed by atoms with van der Waals surface area (Å²) in [5, 5.41) is 10.6. The summed E-state index contributed by atoms with van der Waals surface area (Å²) in [6.45, 7) is 2.43. The molecule has 0 aliphatic carbocycles. The highest BCUT2D eigenvalue weighted by molar-refractivity contribution is 5.98. The highest BCUT2D eigenvalue weighted by Crippen LogP contribution is 2.28. The Balaban J connectivity index is 0.00000342. The first kappa shape index (κ1) is 26.9. The number of hydrogen-bond donors (Lipinski definition) is 1. The number of carbonyl (C=O) groups excluding carboxylic acids is 1. The lowest BCUT2D eigenvalue weighted by atomic mass is 9.89. The van der Waals surface area contributed by atoms with E-state index >= 15 is 0 Å². The van der Waals surface area contributed by atoms with E-state index in [0.717, 1.165) is 31.5 Å². The number of hydrogen-bond acceptors (Lipinski definition) is 4. The average Bonchev–Trinajstić information content (AvgIpc) is 2.88. The van der Waals surface area contributed by atoms with Crippen LogP contribution < -0.4 is 4.74 Å². The predicted molar refractivity (Wildman–Crippen MR) is 139 cm³/mol. The number of ether oxygens (including phenoxy) is 1. The van der Waals surface area contributed by atoms with Gasteiger partial charge in [-0.3, -0.25) is 4.79 Å². The maximum absolute atomic E-state index is 13.9. The normalized spacial score (nSPS) is 15.3. The van der Waals surface area contributed by atoms with Crippen LogP contribution in [0, 0.1) is 5.82 Å². The Morgan fingerprint density at radius 2 is 1.66 bits per heavy atom. The molecule has 1 N–H and O–H groups in total. The minimum absolute atomic E-state index is 0. The van der Waals surface area contributed by atoms with Crippen LogP contribution in [0.5, 0.6) is 5.75 Å². The van der Waals surface area contributed by atoms with E-state index in [1.165, 1.54) is 23.8 Å². The highest BCUT2D eigenvalue weighted by Gasteiger charge is 2.23. The number of nitrogens with zero attached hydrogens (tertiary/aromatic N) is 1. The number of aryl methyl sites for hydroxylation is 1. The number of rotatable bonds is 10. The lowest BCUT2D eigenvalue weighted by Gasteiger charge is -2.33. The fraction of sp³-hybridized carbons (Fsp3) is 0.345. The van der Waals surface area contributed by atoms with E-state index < -0.39 is 11.9 Å². The predicted octanol–water partition coefficient (Wildman–Crippen LogP) is 5.68. The van der Waals surface area contributed by atoms with Gasteiger partial charge in [-0.05, 0) is 67.6 Å². The van der Waals surface area contributed by atoms with Gasteiger partial charge >= 0.3 is 0 Å². The van der Waals surface area contributed by atoms with Crippen LogP contribution in [-0.2, 0) is 6.42 Å². The van der Waals surface area contributed by atoms with E-state index in [0.29, 0.717) is 24.6 Å². The minimum Gasteiger partial charge on any atom is -0.490 e. The van der Waals surface area contributed by atoms with Crippen molar-refractivity contribution in [3.05, 3.63) is 101 Å². The fourth-order valence-electron chi connectivity index (χ4n) is 4.59. The van der Waals surface area contributed by atoms with Crippen LogP contribution in [0.4, 0.5) is 4.39 Å². The summed E-state index contributed by atoms with van der Waals surface area (Å²) in [5.41, 5.74) is 2.67. The van der Waals surface area contributed by atoms with E-state index in [1.54, 1.807) is 0 Å². The molecule has 0 aromatic heterocycles. The molecule has 0 saturated carbocycles. The van der Waals surface area contributed by atoms with Crippen molar-refractivity contribution in [3.63, 3.8) is 0 Å². The fourth-order valence-corrected chi connectivity index (χ4v) is 4.59. The summed E-state index contributed by atoms with van der Waals surface area (Å²) in [6, 6.07) is 24.3. The molecule has 35 heavy (non-hydrogen) atoms. The van der Waals surface area contributed by atoms with E-state index in [2.05, 4.69) is 29.2 Å². The topological polar surface area (TPSA) is 49.8 Å². The highest BCUT2D eigenvalue weighted by atomic mass is 35.5. The van der Waals surface area contributed by atoms with Crippen molar-refractivity contribution >= 4 is 18.2 Å². The second-order valence-corrected chi connectivity index (χ2v) is 9.00. The average molecular weight is 498 g/mol. The summed E-state index contributed by atoms with van der Waals surface area (Å²) in [7, 11) is 0.